The largest absolute Gasteiger partial charge is 0.294 e. The van der Waals surface area contributed by atoms with Crippen molar-refractivity contribution in [3.63, 3.8) is 0 Å². The minimum Gasteiger partial charge on any atom is -0.294 e. The minimum absolute atomic E-state index is 0.0395. The van der Waals surface area contributed by atoms with E-state index in [0.29, 0.717) is 23.0 Å². The Kier molecular flexibility index (Phi) is 5.21. The maximum absolute atomic E-state index is 12.2. The molecule has 2 rings (SSSR count). The normalized spacial score (nSPS) is 12.4. The number of halogens is 2. The Morgan fingerprint density at radius 3 is 2.85 bits per heavy atom. The fourth-order valence-corrected chi connectivity index (χ4v) is 2.36. The highest BCUT2D eigenvalue weighted by Crippen LogP contribution is 2.20. The lowest BCUT2D eigenvalue weighted by Gasteiger charge is -2.08. The van der Waals surface area contributed by atoms with Gasteiger partial charge >= 0.3 is 0 Å². The first-order valence-electron chi connectivity index (χ1n) is 6.53. The fraction of sp³-hybridized carbons (Fsp3) is 0.333. The van der Waals surface area contributed by atoms with E-state index in [1.807, 2.05) is 29.1 Å². The molecule has 0 saturated carbocycles. The van der Waals surface area contributed by atoms with Crippen molar-refractivity contribution in [1.29, 1.82) is 0 Å². The summed E-state index contributed by atoms with van der Waals surface area (Å²) in [4.78, 5) is 12.2. The zero-order valence-electron chi connectivity index (χ0n) is 11.4. The smallest absolute Gasteiger partial charge is 0.168 e. The molecular weight excluding hydrogens is 387 g/mol. The predicted molar refractivity (Wildman–Crippen MR) is 89.4 cm³/mol. The van der Waals surface area contributed by atoms with Gasteiger partial charge in [0.2, 0.25) is 0 Å². The number of aromatic nitrogens is 2. The summed E-state index contributed by atoms with van der Waals surface area (Å²) in [5.74, 6) is 0.0395. The molecule has 0 aliphatic carbocycles. The van der Waals surface area contributed by atoms with Gasteiger partial charge in [0.25, 0.3) is 0 Å². The van der Waals surface area contributed by atoms with Gasteiger partial charge < -0.3 is 0 Å². The molecule has 1 aromatic heterocycles. The number of carbonyl (C=O) groups excluding carboxylic acids is 1. The van der Waals surface area contributed by atoms with Crippen molar-refractivity contribution in [2.24, 2.45) is 0 Å². The molecule has 1 atom stereocenters. The summed E-state index contributed by atoms with van der Waals surface area (Å²) in [6.45, 7) is 4.22. The number of hydrogen-bond acceptors (Lipinski definition) is 2. The molecule has 0 radical (unpaired) electrons. The number of carbonyl (C=O) groups is 1. The van der Waals surface area contributed by atoms with Gasteiger partial charge in [0.1, 0.15) is 0 Å². The molecule has 2 aromatic rings. The Labute approximate surface area is 137 Å². The Morgan fingerprint density at radius 1 is 1.45 bits per heavy atom. The van der Waals surface area contributed by atoms with Crippen LogP contribution in [0.25, 0.3) is 0 Å². The lowest BCUT2D eigenvalue weighted by Crippen LogP contribution is -2.08. The van der Waals surface area contributed by atoms with Gasteiger partial charge in [-0.3, -0.25) is 9.48 Å². The Morgan fingerprint density at radius 2 is 2.20 bits per heavy atom. The SMILES string of the molecule is CCC(C)n1ccc(CC(=O)c2ccc(I)c(Cl)c2)n1. The van der Waals surface area contributed by atoms with Gasteiger partial charge in [0.05, 0.1) is 17.1 Å². The van der Waals surface area contributed by atoms with Gasteiger partial charge in [0.15, 0.2) is 5.78 Å². The zero-order valence-corrected chi connectivity index (χ0v) is 14.4. The topological polar surface area (TPSA) is 34.9 Å². The van der Waals surface area contributed by atoms with Crippen molar-refractivity contribution in [1.82, 2.24) is 9.78 Å². The van der Waals surface area contributed by atoms with Crippen LogP contribution < -0.4 is 0 Å². The Hall–Kier alpha value is -0.880. The van der Waals surface area contributed by atoms with Crippen molar-refractivity contribution in [2.75, 3.05) is 0 Å². The average Bonchev–Trinajstić information content (AvgIpc) is 2.89. The molecule has 0 aliphatic rings. The lowest BCUT2D eigenvalue weighted by molar-refractivity contribution is 0.0991. The first-order chi connectivity index (χ1) is 9.51. The third-order valence-corrected chi connectivity index (χ3v) is 4.86. The van der Waals surface area contributed by atoms with Crippen LogP contribution in [-0.4, -0.2) is 15.6 Å². The second-order valence-electron chi connectivity index (χ2n) is 4.77. The maximum Gasteiger partial charge on any atom is 0.168 e. The molecule has 1 heterocycles. The number of hydrogen-bond donors (Lipinski definition) is 0. The first kappa shape index (κ1) is 15.5. The molecule has 0 saturated heterocycles. The quantitative estimate of drug-likeness (QED) is 0.544. The molecule has 0 aliphatic heterocycles. The highest BCUT2D eigenvalue weighted by atomic mass is 127. The van der Waals surface area contributed by atoms with E-state index in [2.05, 4.69) is 41.5 Å². The molecule has 0 fully saturated rings. The van der Waals surface area contributed by atoms with Gasteiger partial charge in [-0.15, -0.1) is 0 Å². The Balaban J connectivity index is 2.11. The monoisotopic (exact) mass is 402 g/mol. The first-order valence-corrected chi connectivity index (χ1v) is 7.99. The van der Waals surface area contributed by atoms with Gasteiger partial charge in [0, 0.05) is 21.4 Å². The summed E-state index contributed by atoms with van der Waals surface area (Å²) in [6.07, 6.45) is 3.25. The van der Waals surface area contributed by atoms with Crippen LogP contribution in [0.1, 0.15) is 42.4 Å². The van der Waals surface area contributed by atoms with Crippen molar-refractivity contribution in [2.45, 2.75) is 32.7 Å². The van der Waals surface area contributed by atoms with Crippen LogP contribution in [0, 0.1) is 3.57 Å². The van der Waals surface area contributed by atoms with Gasteiger partial charge in [-0.2, -0.15) is 5.10 Å². The number of Topliss-reactive ketones (excluding diaryl/α,β-unsaturated/α-hetero) is 1. The fourth-order valence-electron chi connectivity index (χ4n) is 1.84. The highest BCUT2D eigenvalue weighted by molar-refractivity contribution is 14.1. The number of benzene rings is 1. The van der Waals surface area contributed by atoms with Crippen LogP contribution in [0.5, 0.6) is 0 Å². The molecule has 106 valence electrons. The minimum atomic E-state index is 0.0395. The van der Waals surface area contributed by atoms with E-state index in [1.54, 1.807) is 6.07 Å². The number of nitrogens with zero attached hydrogens (tertiary/aromatic N) is 2. The van der Waals surface area contributed by atoms with Crippen LogP contribution in [0.15, 0.2) is 30.5 Å². The molecule has 0 N–H and O–H groups in total. The van der Waals surface area contributed by atoms with Gasteiger partial charge in [-0.25, -0.2) is 0 Å². The highest BCUT2D eigenvalue weighted by Gasteiger charge is 2.12. The summed E-state index contributed by atoms with van der Waals surface area (Å²) in [7, 11) is 0. The summed E-state index contributed by atoms with van der Waals surface area (Å²) in [5, 5.41) is 5.06. The van der Waals surface area contributed by atoms with Crippen molar-refractivity contribution < 1.29 is 4.79 Å². The maximum atomic E-state index is 12.2. The van der Waals surface area contributed by atoms with Gasteiger partial charge in [-0.1, -0.05) is 24.6 Å². The number of ketones is 1. The van der Waals surface area contributed by atoms with E-state index in [0.717, 1.165) is 15.7 Å². The van der Waals surface area contributed by atoms with E-state index in [9.17, 15) is 4.79 Å². The predicted octanol–water partition coefficient (Wildman–Crippen LogP) is 4.54. The molecule has 20 heavy (non-hydrogen) atoms. The molecule has 1 aromatic carbocycles. The van der Waals surface area contributed by atoms with E-state index < -0.39 is 0 Å². The standard InChI is InChI=1S/C15H16ClIN2O/c1-3-10(2)19-7-6-12(18-19)9-15(20)11-4-5-14(17)13(16)8-11/h4-8,10H,3,9H2,1-2H3. The van der Waals surface area contributed by atoms with Crippen LogP contribution in [0.4, 0.5) is 0 Å². The van der Waals surface area contributed by atoms with E-state index in [4.69, 9.17) is 11.6 Å². The third-order valence-electron chi connectivity index (χ3n) is 3.29. The summed E-state index contributed by atoms with van der Waals surface area (Å²) >= 11 is 8.19. The summed E-state index contributed by atoms with van der Waals surface area (Å²) < 4.78 is 2.85. The second kappa shape index (κ2) is 6.72. The number of rotatable bonds is 5. The van der Waals surface area contributed by atoms with E-state index in [-0.39, 0.29) is 5.78 Å². The molecule has 5 heteroatoms. The molecule has 0 amide bonds. The summed E-state index contributed by atoms with van der Waals surface area (Å²) in [5.41, 5.74) is 1.43. The van der Waals surface area contributed by atoms with Crippen LogP contribution in [0.3, 0.4) is 0 Å². The zero-order chi connectivity index (χ0) is 14.7. The van der Waals surface area contributed by atoms with E-state index >= 15 is 0 Å². The van der Waals surface area contributed by atoms with Crippen molar-refractivity contribution in [3.05, 3.63) is 50.3 Å². The Bertz CT molecular complexity index is 624. The molecule has 1 unspecified atom stereocenters. The van der Waals surface area contributed by atoms with Crippen molar-refractivity contribution in [3.8, 4) is 0 Å². The van der Waals surface area contributed by atoms with Crippen molar-refractivity contribution >= 4 is 40.0 Å². The molecular formula is C15H16ClIN2O. The van der Waals surface area contributed by atoms with E-state index in [1.165, 1.54) is 0 Å². The molecule has 0 spiro atoms. The second-order valence-corrected chi connectivity index (χ2v) is 6.34. The van der Waals surface area contributed by atoms with Crippen LogP contribution >= 0.6 is 34.2 Å². The third kappa shape index (κ3) is 3.61. The summed E-state index contributed by atoms with van der Waals surface area (Å²) in [6, 6.07) is 7.64. The van der Waals surface area contributed by atoms with Gasteiger partial charge in [-0.05, 0) is 54.1 Å². The molecule has 3 nitrogen and oxygen atoms in total. The molecule has 0 bridgehead atoms. The lowest BCUT2D eigenvalue weighted by atomic mass is 10.1. The van der Waals surface area contributed by atoms with Crippen LogP contribution in [-0.2, 0) is 6.42 Å². The average molecular weight is 403 g/mol. The van der Waals surface area contributed by atoms with Crippen LogP contribution in [0.2, 0.25) is 5.02 Å².